The Labute approximate surface area is 120 Å². The molecular formula is C15H25NO4. The van der Waals surface area contributed by atoms with E-state index in [1.54, 1.807) is 20.8 Å². The molecule has 5 heteroatoms. The van der Waals surface area contributed by atoms with E-state index in [-0.39, 0.29) is 5.41 Å². The molecule has 0 heterocycles. The summed E-state index contributed by atoms with van der Waals surface area (Å²) in [4.78, 5) is 23.1. The number of carbonyl (C=O) groups excluding carboxylic acids is 1. The minimum atomic E-state index is -0.972. The summed E-state index contributed by atoms with van der Waals surface area (Å²) in [5, 5.41) is 11.9. The molecule has 0 aliphatic heterocycles. The summed E-state index contributed by atoms with van der Waals surface area (Å²) in [7, 11) is 0. The molecule has 1 unspecified atom stereocenters. The highest BCUT2D eigenvalue weighted by Gasteiger charge is 2.47. The lowest BCUT2D eigenvalue weighted by molar-refractivity contribution is -0.140. The summed E-state index contributed by atoms with van der Waals surface area (Å²) in [6.07, 6.45) is 5.60. The molecule has 5 nitrogen and oxygen atoms in total. The second kappa shape index (κ2) is 5.26. The van der Waals surface area contributed by atoms with E-state index in [2.05, 4.69) is 5.32 Å². The van der Waals surface area contributed by atoms with Gasteiger partial charge in [-0.15, -0.1) is 0 Å². The molecule has 0 radical (unpaired) electrons. The van der Waals surface area contributed by atoms with Crippen molar-refractivity contribution in [2.24, 2.45) is 11.3 Å². The Bertz CT molecular complexity index is 391. The van der Waals surface area contributed by atoms with Gasteiger partial charge in [0.2, 0.25) is 0 Å². The fourth-order valence-corrected chi connectivity index (χ4v) is 3.68. The molecule has 2 aliphatic rings. The fraction of sp³-hybridized carbons (Fsp3) is 0.867. The number of carboxylic acid groups (broad SMARTS) is 1. The molecule has 1 atom stereocenters. The number of hydrogen-bond donors (Lipinski definition) is 2. The van der Waals surface area contributed by atoms with Crippen LogP contribution >= 0.6 is 0 Å². The molecule has 20 heavy (non-hydrogen) atoms. The van der Waals surface area contributed by atoms with Crippen molar-refractivity contribution >= 4 is 12.1 Å². The van der Waals surface area contributed by atoms with Gasteiger partial charge in [0.25, 0.3) is 0 Å². The number of aliphatic carboxylic acids is 1. The molecule has 2 N–H and O–H groups in total. The molecule has 2 saturated carbocycles. The van der Waals surface area contributed by atoms with E-state index in [1.165, 1.54) is 12.8 Å². The van der Waals surface area contributed by atoms with Crippen molar-refractivity contribution < 1.29 is 19.4 Å². The van der Waals surface area contributed by atoms with Crippen LogP contribution in [-0.2, 0) is 9.53 Å². The normalized spacial score (nSPS) is 30.1. The zero-order chi connectivity index (χ0) is 15.0. The Balaban J connectivity index is 1.94. The summed E-state index contributed by atoms with van der Waals surface area (Å²) >= 11 is 0. The third kappa shape index (κ3) is 3.64. The van der Waals surface area contributed by atoms with E-state index in [4.69, 9.17) is 4.74 Å². The van der Waals surface area contributed by atoms with E-state index in [0.717, 1.165) is 25.2 Å². The molecule has 2 rings (SSSR count). The Kier molecular flexibility index (Phi) is 3.98. The summed E-state index contributed by atoms with van der Waals surface area (Å²) in [5.41, 5.74) is -0.486. The summed E-state index contributed by atoms with van der Waals surface area (Å²) in [6.45, 7) is 5.29. The first-order valence-corrected chi connectivity index (χ1v) is 7.41. The van der Waals surface area contributed by atoms with Crippen LogP contribution in [0.4, 0.5) is 4.79 Å². The number of alkyl carbamates (subject to hydrolysis) is 1. The molecule has 0 saturated heterocycles. The number of fused-ring (bicyclic) bond motifs is 2. The number of nitrogens with one attached hydrogen (secondary N) is 1. The molecule has 0 aromatic heterocycles. The van der Waals surface area contributed by atoms with Crippen molar-refractivity contribution in [3.05, 3.63) is 0 Å². The predicted octanol–water partition coefficient (Wildman–Crippen LogP) is 2.93. The second-order valence-corrected chi connectivity index (χ2v) is 7.39. The topological polar surface area (TPSA) is 75.6 Å². The van der Waals surface area contributed by atoms with Gasteiger partial charge in [-0.3, -0.25) is 0 Å². The van der Waals surface area contributed by atoms with Crippen molar-refractivity contribution in [2.75, 3.05) is 0 Å². The average molecular weight is 283 g/mol. The van der Waals surface area contributed by atoms with Crippen LogP contribution in [-0.4, -0.2) is 28.8 Å². The molecule has 2 aliphatic carbocycles. The molecular weight excluding hydrogens is 258 g/mol. The van der Waals surface area contributed by atoms with Crippen molar-refractivity contribution in [1.29, 1.82) is 0 Å². The molecule has 0 aromatic rings. The van der Waals surface area contributed by atoms with Gasteiger partial charge < -0.3 is 15.2 Å². The van der Waals surface area contributed by atoms with E-state index < -0.39 is 23.7 Å². The average Bonchev–Trinajstić information content (AvgIpc) is 2.85. The van der Waals surface area contributed by atoms with E-state index in [9.17, 15) is 14.7 Å². The highest BCUT2D eigenvalue weighted by atomic mass is 16.6. The predicted molar refractivity (Wildman–Crippen MR) is 74.4 cm³/mol. The molecule has 0 aromatic carbocycles. The van der Waals surface area contributed by atoms with Gasteiger partial charge in [0.1, 0.15) is 11.6 Å². The molecule has 0 spiro atoms. The van der Waals surface area contributed by atoms with Crippen molar-refractivity contribution in [3.63, 3.8) is 0 Å². The molecule has 2 bridgehead atoms. The highest BCUT2D eigenvalue weighted by Crippen LogP contribution is 2.56. The summed E-state index contributed by atoms with van der Waals surface area (Å²) in [6, 6.07) is -0.846. The monoisotopic (exact) mass is 283 g/mol. The Morgan fingerprint density at radius 1 is 1.35 bits per heavy atom. The van der Waals surface area contributed by atoms with Crippen LogP contribution in [0.15, 0.2) is 0 Å². The molecule has 2 fully saturated rings. The van der Waals surface area contributed by atoms with Gasteiger partial charge in [-0.2, -0.15) is 0 Å². The first-order chi connectivity index (χ1) is 9.19. The van der Waals surface area contributed by atoms with Gasteiger partial charge >= 0.3 is 12.1 Å². The lowest BCUT2D eigenvalue weighted by Crippen LogP contribution is -2.45. The van der Waals surface area contributed by atoms with Gasteiger partial charge in [0.05, 0.1) is 0 Å². The molecule has 1 amide bonds. The lowest BCUT2D eigenvalue weighted by atomic mass is 9.78. The van der Waals surface area contributed by atoms with Gasteiger partial charge in [0.15, 0.2) is 0 Å². The minimum Gasteiger partial charge on any atom is -0.480 e. The number of ether oxygens (including phenoxy) is 1. The van der Waals surface area contributed by atoms with Crippen LogP contribution < -0.4 is 5.32 Å². The quantitative estimate of drug-likeness (QED) is 0.831. The third-order valence-corrected chi connectivity index (χ3v) is 4.51. The van der Waals surface area contributed by atoms with E-state index >= 15 is 0 Å². The van der Waals surface area contributed by atoms with E-state index in [0.29, 0.717) is 6.42 Å². The van der Waals surface area contributed by atoms with Gasteiger partial charge in [0, 0.05) is 0 Å². The van der Waals surface area contributed by atoms with Crippen LogP contribution in [0.5, 0.6) is 0 Å². The van der Waals surface area contributed by atoms with Gasteiger partial charge in [-0.1, -0.05) is 0 Å². The first-order valence-electron chi connectivity index (χ1n) is 7.41. The SMILES string of the molecule is CC(C)(C)OC(=O)NC(CC12CCC(CC1)C2)C(=O)O. The maximum absolute atomic E-state index is 11.8. The third-order valence-electron chi connectivity index (χ3n) is 4.51. The number of carboxylic acids is 1. The summed E-state index contributed by atoms with van der Waals surface area (Å²) < 4.78 is 5.15. The van der Waals surface area contributed by atoms with Crippen LogP contribution in [0.1, 0.15) is 59.3 Å². The number of amides is 1. The van der Waals surface area contributed by atoms with Crippen LogP contribution in [0.2, 0.25) is 0 Å². The summed E-state index contributed by atoms with van der Waals surface area (Å²) in [5.74, 6) is -0.202. The second-order valence-electron chi connectivity index (χ2n) is 7.39. The number of carbonyl (C=O) groups is 2. The maximum atomic E-state index is 11.8. The van der Waals surface area contributed by atoms with Crippen molar-refractivity contribution in [2.45, 2.75) is 70.9 Å². The van der Waals surface area contributed by atoms with Crippen LogP contribution in [0.25, 0.3) is 0 Å². The van der Waals surface area contributed by atoms with Crippen LogP contribution in [0.3, 0.4) is 0 Å². The number of rotatable bonds is 4. The largest absolute Gasteiger partial charge is 0.480 e. The zero-order valence-electron chi connectivity index (χ0n) is 12.6. The van der Waals surface area contributed by atoms with Gasteiger partial charge in [-0.25, -0.2) is 9.59 Å². The van der Waals surface area contributed by atoms with Gasteiger partial charge in [-0.05, 0) is 70.6 Å². The maximum Gasteiger partial charge on any atom is 0.408 e. The Morgan fingerprint density at radius 2 is 1.95 bits per heavy atom. The standard InChI is InChI=1S/C15H25NO4/c1-14(2,3)20-13(19)16-11(12(17)18)9-15-6-4-10(8-15)5-7-15/h10-11H,4-9H2,1-3H3,(H,16,19)(H,17,18). The van der Waals surface area contributed by atoms with E-state index in [1.807, 2.05) is 0 Å². The first kappa shape index (κ1) is 15.1. The lowest BCUT2D eigenvalue weighted by Gasteiger charge is -2.30. The Morgan fingerprint density at radius 3 is 2.35 bits per heavy atom. The zero-order valence-corrected chi connectivity index (χ0v) is 12.6. The van der Waals surface area contributed by atoms with Crippen molar-refractivity contribution in [3.8, 4) is 0 Å². The minimum absolute atomic E-state index is 0.128. The van der Waals surface area contributed by atoms with Crippen LogP contribution in [0, 0.1) is 11.3 Å². The number of hydrogen-bond acceptors (Lipinski definition) is 3. The smallest absolute Gasteiger partial charge is 0.408 e. The highest BCUT2D eigenvalue weighted by molar-refractivity contribution is 5.80. The Hall–Kier alpha value is -1.26. The fourth-order valence-electron chi connectivity index (χ4n) is 3.68. The molecule has 114 valence electrons. The van der Waals surface area contributed by atoms with Crippen molar-refractivity contribution in [1.82, 2.24) is 5.32 Å².